The van der Waals surface area contributed by atoms with Gasteiger partial charge < -0.3 is 10.1 Å². The van der Waals surface area contributed by atoms with Crippen molar-refractivity contribution in [3.63, 3.8) is 0 Å². The van der Waals surface area contributed by atoms with E-state index in [9.17, 15) is 4.79 Å². The molecule has 1 amide bonds. The zero-order valence-electron chi connectivity index (χ0n) is 17.0. The topological polar surface area (TPSA) is 38.3 Å². The van der Waals surface area contributed by atoms with Gasteiger partial charge in [-0.3, -0.25) is 4.79 Å². The average Bonchev–Trinajstić information content (AvgIpc) is 2.61. The number of rotatable bonds is 8. The summed E-state index contributed by atoms with van der Waals surface area (Å²) < 4.78 is 5.76. The Bertz CT molecular complexity index is 735. The van der Waals surface area contributed by atoms with Crippen LogP contribution in [-0.4, -0.2) is 24.3 Å². The second kappa shape index (κ2) is 9.84. The standard InChI is InChI=1S/C23H31NO2S/c1-17-7-6-8-19(15-17)16-27-14-13-24-22(25)18(2)26-21-11-9-20(10-12-21)23(3,4)5/h6-12,15,18H,13-14,16H2,1-5H3,(H,24,25)/t18-/m1/s1. The lowest BCUT2D eigenvalue weighted by atomic mass is 9.87. The molecule has 0 fully saturated rings. The second-order valence-corrected chi connectivity index (χ2v) is 8.97. The smallest absolute Gasteiger partial charge is 0.260 e. The first kappa shape index (κ1) is 21.4. The van der Waals surface area contributed by atoms with E-state index in [-0.39, 0.29) is 11.3 Å². The van der Waals surface area contributed by atoms with Crippen LogP contribution in [0.15, 0.2) is 48.5 Å². The lowest BCUT2D eigenvalue weighted by Gasteiger charge is -2.20. The molecule has 0 radical (unpaired) electrons. The lowest BCUT2D eigenvalue weighted by Crippen LogP contribution is -2.37. The molecule has 2 rings (SSSR count). The molecular formula is C23H31NO2S. The largest absolute Gasteiger partial charge is 0.481 e. The Hall–Kier alpha value is -1.94. The minimum absolute atomic E-state index is 0.0777. The zero-order chi connectivity index (χ0) is 19.9. The van der Waals surface area contributed by atoms with E-state index < -0.39 is 6.10 Å². The fraction of sp³-hybridized carbons (Fsp3) is 0.435. The molecule has 1 N–H and O–H groups in total. The number of benzene rings is 2. The average molecular weight is 386 g/mol. The van der Waals surface area contributed by atoms with Crippen LogP contribution in [-0.2, 0) is 16.0 Å². The van der Waals surface area contributed by atoms with Gasteiger partial charge in [0, 0.05) is 18.1 Å². The number of carbonyl (C=O) groups is 1. The quantitative estimate of drug-likeness (QED) is 0.642. The molecule has 0 saturated heterocycles. The van der Waals surface area contributed by atoms with Crippen LogP contribution in [0, 0.1) is 6.92 Å². The van der Waals surface area contributed by atoms with Crippen molar-refractivity contribution in [2.45, 2.75) is 51.9 Å². The van der Waals surface area contributed by atoms with Crippen LogP contribution in [0.1, 0.15) is 44.4 Å². The van der Waals surface area contributed by atoms with Crippen LogP contribution in [0.25, 0.3) is 0 Å². The molecule has 0 aliphatic carbocycles. The fourth-order valence-electron chi connectivity index (χ4n) is 2.67. The highest BCUT2D eigenvalue weighted by Gasteiger charge is 2.16. The molecule has 0 saturated carbocycles. The Kier molecular flexibility index (Phi) is 7.78. The molecule has 2 aromatic carbocycles. The maximum atomic E-state index is 12.2. The lowest BCUT2D eigenvalue weighted by molar-refractivity contribution is -0.127. The van der Waals surface area contributed by atoms with Gasteiger partial charge in [0.05, 0.1) is 0 Å². The van der Waals surface area contributed by atoms with Gasteiger partial charge in [0.25, 0.3) is 5.91 Å². The van der Waals surface area contributed by atoms with Crippen molar-refractivity contribution in [3.8, 4) is 5.75 Å². The number of hydrogen-bond donors (Lipinski definition) is 1. The number of hydrogen-bond acceptors (Lipinski definition) is 3. The summed E-state index contributed by atoms with van der Waals surface area (Å²) >= 11 is 1.82. The maximum Gasteiger partial charge on any atom is 0.260 e. The molecule has 2 aromatic rings. The SMILES string of the molecule is Cc1cccc(CSCCNC(=O)[C@@H](C)Oc2ccc(C(C)(C)C)cc2)c1. The molecule has 0 unspecified atom stereocenters. The van der Waals surface area contributed by atoms with Gasteiger partial charge in [-0.1, -0.05) is 62.7 Å². The molecule has 0 spiro atoms. The van der Waals surface area contributed by atoms with E-state index in [1.54, 1.807) is 6.92 Å². The van der Waals surface area contributed by atoms with Crippen LogP contribution < -0.4 is 10.1 Å². The van der Waals surface area contributed by atoms with E-state index in [1.165, 1.54) is 16.7 Å². The number of ether oxygens (including phenoxy) is 1. The number of nitrogens with one attached hydrogen (secondary N) is 1. The highest BCUT2D eigenvalue weighted by molar-refractivity contribution is 7.98. The second-order valence-electron chi connectivity index (χ2n) is 7.87. The molecule has 27 heavy (non-hydrogen) atoms. The minimum Gasteiger partial charge on any atom is -0.481 e. The Morgan fingerprint density at radius 1 is 1.15 bits per heavy atom. The van der Waals surface area contributed by atoms with Crippen LogP contribution in [0.3, 0.4) is 0 Å². The molecule has 0 aromatic heterocycles. The summed E-state index contributed by atoms with van der Waals surface area (Å²) in [4.78, 5) is 12.2. The van der Waals surface area contributed by atoms with Crippen molar-refractivity contribution in [2.75, 3.05) is 12.3 Å². The summed E-state index contributed by atoms with van der Waals surface area (Å²) in [5.41, 5.74) is 3.96. The van der Waals surface area contributed by atoms with Crippen molar-refractivity contribution in [1.29, 1.82) is 0 Å². The van der Waals surface area contributed by atoms with Gasteiger partial charge in [-0.05, 0) is 42.5 Å². The molecule has 0 heterocycles. The molecule has 0 bridgehead atoms. The Morgan fingerprint density at radius 2 is 1.85 bits per heavy atom. The normalized spacial score (nSPS) is 12.5. The Labute approximate surface area is 167 Å². The first-order valence-electron chi connectivity index (χ1n) is 9.44. The van der Waals surface area contributed by atoms with Gasteiger partial charge in [0.2, 0.25) is 0 Å². The first-order valence-corrected chi connectivity index (χ1v) is 10.6. The molecule has 3 nitrogen and oxygen atoms in total. The molecule has 146 valence electrons. The van der Waals surface area contributed by atoms with Crippen molar-refractivity contribution in [1.82, 2.24) is 5.32 Å². The fourth-order valence-corrected chi connectivity index (χ4v) is 3.48. The van der Waals surface area contributed by atoms with E-state index in [4.69, 9.17) is 4.74 Å². The predicted molar refractivity (Wildman–Crippen MR) is 116 cm³/mol. The van der Waals surface area contributed by atoms with E-state index in [0.29, 0.717) is 6.54 Å². The van der Waals surface area contributed by atoms with Gasteiger partial charge in [-0.25, -0.2) is 0 Å². The number of amides is 1. The summed E-state index contributed by atoms with van der Waals surface area (Å²) in [5, 5.41) is 2.95. The van der Waals surface area contributed by atoms with Crippen molar-refractivity contribution in [3.05, 3.63) is 65.2 Å². The Balaban J connectivity index is 1.69. The summed E-state index contributed by atoms with van der Waals surface area (Å²) in [6.45, 7) is 11.1. The van der Waals surface area contributed by atoms with Crippen molar-refractivity contribution < 1.29 is 9.53 Å². The summed E-state index contributed by atoms with van der Waals surface area (Å²) in [7, 11) is 0. The minimum atomic E-state index is -0.507. The summed E-state index contributed by atoms with van der Waals surface area (Å²) in [6, 6.07) is 16.5. The van der Waals surface area contributed by atoms with E-state index in [1.807, 2.05) is 23.9 Å². The molecule has 0 aliphatic heterocycles. The third-order valence-electron chi connectivity index (χ3n) is 4.30. The highest BCUT2D eigenvalue weighted by Crippen LogP contribution is 2.24. The number of carbonyl (C=O) groups excluding carboxylic acids is 1. The van der Waals surface area contributed by atoms with Crippen molar-refractivity contribution in [2.24, 2.45) is 0 Å². The van der Waals surface area contributed by atoms with E-state index >= 15 is 0 Å². The third-order valence-corrected chi connectivity index (χ3v) is 5.33. The van der Waals surface area contributed by atoms with Gasteiger partial charge >= 0.3 is 0 Å². The van der Waals surface area contributed by atoms with Gasteiger partial charge in [-0.2, -0.15) is 11.8 Å². The van der Waals surface area contributed by atoms with Gasteiger partial charge in [-0.15, -0.1) is 0 Å². The first-order chi connectivity index (χ1) is 12.8. The van der Waals surface area contributed by atoms with Crippen molar-refractivity contribution >= 4 is 17.7 Å². The summed E-state index contributed by atoms with van der Waals surface area (Å²) in [6.07, 6.45) is -0.507. The molecule has 4 heteroatoms. The van der Waals surface area contributed by atoms with Gasteiger partial charge in [0.15, 0.2) is 6.10 Å². The summed E-state index contributed by atoms with van der Waals surface area (Å²) in [5.74, 6) is 2.49. The predicted octanol–water partition coefficient (Wildman–Crippen LogP) is 5.11. The van der Waals surface area contributed by atoms with Crippen LogP contribution >= 0.6 is 11.8 Å². The monoisotopic (exact) mass is 385 g/mol. The van der Waals surface area contributed by atoms with Crippen LogP contribution in [0.2, 0.25) is 0 Å². The molecule has 0 aliphatic rings. The third kappa shape index (κ3) is 7.30. The molecule has 1 atom stereocenters. The van der Waals surface area contributed by atoms with E-state index in [2.05, 4.69) is 69.4 Å². The van der Waals surface area contributed by atoms with Gasteiger partial charge in [0.1, 0.15) is 5.75 Å². The highest BCUT2D eigenvalue weighted by atomic mass is 32.2. The zero-order valence-corrected chi connectivity index (χ0v) is 17.9. The molecular weight excluding hydrogens is 354 g/mol. The number of thioether (sulfide) groups is 1. The number of aryl methyl sites for hydroxylation is 1. The van der Waals surface area contributed by atoms with E-state index in [0.717, 1.165) is 17.3 Å². The van der Waals surface area contributed by atoms with Crippen LogP contribution in [0.5, 0.6) is 5.75 Å². The Morgan fingerprint density at radius 3 is 2.48 bits per heavy atom. The maximum absolute atomic E-state index is 12.2. The van der Waals surface area contributed by atoms with Crippen LogP contribution in [0.4, 0.5) is 0 Å².